The minimum absolute atomic E-state index is 0.274. The van der Waals surface area contributed by atoms with Crippen molar-refractivity contribution in [3.63, 3.8) is 0 Å². The number of carbonyl (C=O) groups is 1. The lowest BCUT2D eigenvalue weighted by Crippen LogP contribution is -2.24. The van der Waals surface area contributed by atoms with Gasteiger partial charge >= 0.3 is 5.97 Å². The van der Waals surface area contributed by atoms with E-state index in [-0.39, 0.29) is 5.69 Å². The van der Waals surface area contributed by atoms with E-state index in [1.807, 2.05) is 58.0 Å². The summed E-state index contributed by atoms with van der Waals surface area (Å²) in [5, 5.41) is 7.96. The standard InChI is InChI=1S/C15H19N3O2/c1-11-13(14(19)20-15(2,3)4)16-17-18(11)10-12-8-6-5-7-9-12/h5-9H,10H2,1-4H3. The number of esters is 1. The fraction of sp³-hybridized carbons (Fsp3) is 0.400. The first-order valence-electron chi connectivity index (χ1n) is 6.54. The molecule has 0 N–H and O–H groups in total. The first-order valence-corrected chi connectivity index (χ1v) is 6.54. The van der Waals surface area contributed by atoms with Crippen LogP contribution in [0.2, 0.25) is 0 Å². The van der Waals surface area contributed by atoms with Crippen molar-refractivity contribution in [1.29, 1.82) is 0 Å². The minimum atomic E-state index is -0.535. The molecular weight excluding hydrogens is 254 g/mol. The number of aromatic nitrogens is 3. The van der Waals surface area contributed by atoms with Crippen LogP contribution in [0.15, 0.2) is 30.3 Å². The van der Waals surface area contributed by atoms with Crippen LogP contribution in [0.3, 0.4) is 0 Å². The molecule has 0 bridgehead atoms. The number of hydrogen-bond acceptors (Lipinski definition) is 4. The second-order valence-corrected chi connectivity index (χ2v) is 5.67. The molecular formula is C15H19N3O2. The monoisotopic (exact) mass is 273 g/mol. The fourth-order valence-electron chi connectivity index (χ4n) is 1.78. The van der Waals surface area contributed by atoms with Crippen LogP contribution in [0, 0.1) is 6.92 Å². The molecule has 1 heterocycles. The van der Waals surface area contributed by atoms with Crippen molar-refractivity contribution >= 4 is 5.97 Å². The first kappa shape index (κ1) is 14.2. The van der Waals surface area contributed by atoms with Gasteiger partial charge in [-0.1, -0.05) is 35.5 Å². The summed E-state index contributed by atoms with van der Waals surface area (Å²) in [5.41, 5.74) is 1.56. The summed E-state index contributed by atoms with van der Waals surface area (Å²) in [7, 11) is 0. The van der Waals surface area contributed by atoms with Crippen molar-refractivity contribution in [3.8, 4) is 0 Å². The number of ether oxygens (including phenoxy) is 1. The van der Waals surface area contributed by atoms with E-state index in [2.05, 4.69) is 10.3 Å². The molecule has 1 aromatic carbocycles. The normalized spacial score (nSPS) is 11.4. The van der Waals surface area contributed by atoms with Crippen molar-refractivity contribution in [2.24, 2.45) is 0 Å². The van der Waals surface area contributed by atoms with Gasteiger partial charge in [-0.05, 0) is 33.3 Å². The van der Waals surface area contributed by atoms with Crippen LogP contribution >= 0.6 is 0 Å². The van der Waals surface area contributed by atoms with Crippen molar-refractivity contribution < 1.29 is 9.53 Å². The largest absolute Gasteiger partial charge is 0.455 e. The van der Waals surface area contributed by atoms with Crippen LogP contribution in [-0.4, -0.2) is 26.6 Å². The molecule has 0 fully saturated rings. The highest BCUT2D eigenvalue weighted by atomic mass is 16.6. The van der Waals surface area contributed by atoms with Crippen LogP contribution in [0.1, 0.15) is 42.5 Å². The zero-order valence-electron chi connectivity index (χ0n) is 12.3. The highest BCUT2D eigenvalue weighted by Gasteiger charge is 2.23. The molecule has 0 aliphatic carbocycles. The van der Waals surface area contributed by atoms with E-state index >= 15 is 0 Å². The zero-order chi connectivity index (χ0) is 14.8. The van der Waals surface area contributed by atoms with Crippen molar-refractivity contribution in [2.75, 3.05) is 0 Å². The molecule has 0 atom stereocenters. The SMILES string of the molecule is Cc1c(C(=O)OC(C)(C)C)nnn1Cc1ccccc1. The van der Waals surface area contributed by atoms with E-state index in [0.717, 1.165) is 5.56 Å². The maximum atomic E-state index is 12.0. The Morgan fingerprint density at radius 2 is 1.90 bits per heavy atom. The Morgan fingerprint density at radius 3 is 2.50 bits per heavy atom. The third-order valence-electron chi connectivity index (χ3n) is 2.75. The molecule has 5 nitrogen and oxygen atoms in total. The topological polar surface area (TPSA) is 57.0 Å². The summed E-state index contributed by atoms with van der Waals surface area (Å²) in [6.45, 7) is 7.89. The van der Waals surface area contributed by atoms with Crippen LogP contribution < -0.4 is 0 Å². The van der Waals surface area contributed by atoms with Crippen molar-refractivity contribution in [2.45, 2.75) is 39.8 Å². The highest BCUT2D eigenvalue weighted by Crippen LogP contribution is 2.14. The quantitative estimate of drug-likeness (QED) is 0.807. The smallest absolute Gasteiger partial charge is 0.361 e. The summed E-state index contributed by atoms with van der Waals surface area (Å²) in [6, 6.07) is 9.92. The van der Waals surface area contributed by atoms with Gasteiger partial charge in [0.1, 0.15) is 5.60 Å². The van der Waals surface area contributed by atoms with Crippen LogP contribution in [0.4, 0.5) is 0 Å². The minimum Gasteiger partial charge on any atom is -0.455 e. The summed E-state index contributed by atoms with van der Waals surface area (Å²) < 4.78 is 7.02. The third kappa shape index (κ3) is 3.44. The van der Waals surface area contributed by atoms with Crippen LogP contribution in [0.5, 0.6) is 0 Å². The van der Waals surface area contributed by atoms with Gasteiger partial charge in [-0.15, -0.1) is 5.10 Å². The van der Waals surface area contributed by atoms with Gasteiger partial charge in [0, 0.05) is 0 Å². The third-order valence-corrected chi connectivity index (χ3v) is 2.75. The maximum Gasteiger partial charge on any atom is 0.361 e. The Labute approximate surface area is 118 Å². The summed E-state index contributed by atoms with van der Waals surface area (Å²) in [4.78, 5) is 12.0. The number of rotatable bonds is 3. The van der Waals surface area contributed by atoms with Gasteiger partial charge in [0.15, 0.2) is 5.69 Å². The van der Waals surface area contributed by atoms with Gasteiger partial charge in [0.05, 0.1) is 12.2 Å². The lowest BCUT2D eigenvalue weighted by atomic mass is 10.2. The van der Waals surface area contributed by atoms with E-state index in [0.29, 0.717) is 12.2 Å². The highest BCUT2D eigenvalue weighted by molar-refractivity contribution is 5.88. The first-order chi connectivity index (χ1) is 9.37. The Balaban J connectivity index is 2.17. The van der Waals surface area contributed by atoms with Gasteiger partial charge < -0.3 is 4.74 Å². The molecule has 20 heavy (non-hydrogen) atoms. The molecule has 5 heteroatoms. The Bertz CT molecular complexity index is 597. The number of carbonyl (C=O) groups excluding carboxylic acids is 1. The van der Waals surface area contributed by atoms with E-state index in [1.165, 1.54) is 0 Å². The van der Waals surface area contributed by atoms with E-state index in [9.17, 15) is 4.79 Å². The predicted octanol–water partition coefficient (Wildman–Crippen LogP) is 2.59. The maximum absolute atomic E-state index is 12.0. The second-order valence-electron chi connectivity index (χ2n) is 5.67. The molecule has 106 valence electrons. The lowest BCUT2D eigenvalue weighted by molar-refractivity contribution is 0.00619. The molecule has 0 radical (unpaired) electrons. The van der Waals surface area contributed by atoms with Gasteiger partial charge in [0.25, 0.3) is 0 Å². The lowest BCUT2D eigenvalue weighted by Gasteiger charge is -2.18. The molecule has 0 aliphatic heterocycles. The summed E-state index contributed by atoms with van der Waals surface area (Å²) in [5.74, 6) is -0.436. The van der Waals surface area contributed by atoms with Gasteiger partial charge in [-0.2, -0.15) is 0 Å². The molecule has 0 amide bonds. The number of benzene rings is 1. The zero-order valence-corrected chi connectivity index (χ0v) is 12.3. The molecule has 0 saturated heterocycles. The summed E-state index contributed by atoms with van der Waals surface area (Å²) >= 11 is 0. The molecule has 2 aromatic rings. The average molecular weight is 273 g/mol. The molecule has 1 aromatic heterocycles. The van der Waals surface area contributed by atoms with E-state index in [1.54, 1.807) is 4.68 Å². The fourth-order valence-corrected chi connectivity index (χ4v) is 1.78. The predicted molar refractivity (Wildman–Crippen MR) is 75.5 cm³/mol. The van der Waals surface area contributed by atoms with Gasteiger partial charge in [-0.3, -0.25) is 0 Å². The number of nitrogens with zero attached hydrogens (tertiary/aromatic N) is 3. The summed E-state index contributed by atoms with van der Waals surface area (Å²) in [6.07, 6.45) is 0. The van der Waals surface area contributed by atoms with Crippen LogP contribution in [-0.2, 0) is 11.3 Å². The van der Waals surface area contributed by atoms with E-state index < -0.39 is 11.6 Å². The average Bonchev–Trinajstić information content (AvgIpc) is 2.70. The van der Waals surface area contributed by atoms with Crippen molar-refractivity contribution in [1.82, 2.24) is 15.0 Å². The molecule has 2 rings (SSSR count). The Hall–Kier alpha value is -2.17. The Kier molecular flexibility index (Phi) is 3.88. The molecule has 0 unspecified atom stereocenters. The second kappa shape index (κ2) is 5.45. The van der Waals surface area contributed by atoms with E-state index in [4.69, 9.17) is 4.74 Å². The van der Waals surface area contributed by atoms with Crippen LogP contribution in [0.25, 0.3) is 0 Å². The van der Waals surface area contributed by atoms with Gasteiger partial charge in [0.2, 0.25) is 0 Å². The molecule has 0 saturated carbocycles. The molecule has 0 aliphatic rings. The van der Waals surface area contributed by atoms with Crippen molar-refractivity contribution in [3.05, 3.63) is 47.3 Å². The number of hydrogen-bond donors (Lipinski definition) is 0. The molecule has 0 spiro atoms. The van der Waals surface area contributed by atoms with Gasteiger partial charge in [-0.25, -0.2) is 9.48 Å². The Morgan fingerprint density at radius 1 is 1.25 bits per heavy atom.